The summed E-state index contributed by atoms with van der Waals surface area (Å²) in [5.41, 5.74) is 2.25. The predicted molar refractivity (Wildman–Crippen MR) is 193 cm³/mol. The molecule has 1 spiro atoms. The number of nitrogens with zero attached hydrogens (tertiary/aromatic N) is 2. The van der Waals surface area contributed by atoms with Gasteiger partial charge in [0.05, 0.1) is 30.5 Å². The van der Waals surface area contributed by atoms with Crippen molar-refractivity contribution in [1.29, 1.82) is 0 Å². The van der Waals surface area contributed by atoms with Crippen LogP contribution in [0.25, 0.3) is 0 Å². The third-order valence-electron chi connectivity index (χ3n) is 10.5. The molecule has 0 unspecified atom stereocenters. The highest BCUT2D eigenvalue weighted by Crippen LogP contribution is 2.60. The number of carbonyl (C=O) groups is 4. The summed E-state index contributed by atoms with van der Waals surface area (Å²) in [5, 5.41) is 14.0. The number of hydrogen-bond acceptors (Lipinski definition) is 7. The number of cyclic esters (lactones) is 1. The number of benzene rings is 3. The smallest absolute Gasteiger partial charge is 0.306 e. The summed E-state index contributed by atoms with van der Waals surface area (Å²) < 4.78 is 13.0. The van der Waals surface area contributed by atoms with Crippen LogP contribution < -0.4 is 10.2 Å². The van der Waals surface area contributed by atoms with Gasteiger partial charge < -0.3 is 29.7 Å². The standard InChI is InChI=1S/C40H40BrN3O7/c1-24-13-12-14-25(2)34(24)43-20-11-5-10-19-31(46)50-23-29(26-15-6-3-7-16-26)42-37(47)32-33-38(48)44(30(22-45)27-17-8-4-9-18-27)36(39(43)49)40(33)21-28(41)35(32)51-40/h3-9,11-18,21,29-30,32-33,35-36,45H,10,19-20,22-23H2,1-2H3,(H,42,47)/b11-5-/t29-,30+,32-,33+,35-,36-,40+/m0/s1. The van der Waals surface area contributed by atoms with E-state index in [0.29, 0.717) is 22.2 Å². The highest BCUT2D eigenvalue weighted by Gasteiger charge is 2.75. The lowest BCUT2D eigenvalue weighted by Crippen LogP contribution is -2.57. The Morgan fingerprint density at radius 1 is 0.922 bits per heavy atom. The first kappa shape index (κ1) is 34.9. The number of allylic oxidation sites excluding steroid dienone is 1. The van der Waals surface area contributed by atoms with Crippen molar-refractivity contribution in [1.82, 2.24) is 10.2 Å². The molecule has 7 rings (SSSR count). The molecule has 3 aromatic carbocycles. The number of ether oxygens (including phenoxy) is 2. The van der Waals surface area contributed by atoms with Crippen LogP contribution in [-0.4, -0.2) is 71.2 Å². The zero-order valence-electron chi connectivity index (χ0n) is 28.4. The van der Waals surface area contributed by atoms with Gasteiger partial charge in [0.2, 0.25) is 11.8 Å². The van der Waals surface area contributed by atoms with Crippen LogP contribution in [0.2, 0.25) is 0 Å². The van der Waals surface area contributed by atoms with Gasteiger partial charge >= 0.3 is 5.97 Å². The summed E-state index contributed by atoms with van der Waals surface area (Å²) in [5.74, 6) is -3.88. The van der Waals surface area contributed by atoms with Crippen LogP contribution in [-0.2, 0) is 28.7 Å². The van der Waals surface area contributed by atoms with Crippen molar-refractivity contribution >= 4 is 45.3 Å². The Kier molecular flexibility index (Phi) is 9.71. The molecule has 7 atom stereocenters. The maximum atomic E-state index is 15.4. The lowest BCUT2D eigenvalue weighted by Gasteiger charge is -2.39. The number of aliphatic hydroxyl groups excluding tert-OH is 1. The lowest BCUT2D eigenvalue weighted by atomic mass is 9.74. The first-order valence-corrected chi connectivity index (χ1v) is 18.0. The van der Waals surface area contributed by atoms with E-state index in [1.807, 2.05) is 105 Å². The van der Waals surface area contributed by atoms with E-state index in [1.165, 1.54) is 4.90 Å². The Balaban J connectivity index is 1.40. The second-order valence-electron chi connectivity index (χ2n) is 13.5. The van der Waals surface area contributed by atoms with Crippen LogP contribution >= 0.6 is 15.9 Å². The van der Waals surface area contributed by atoms with Gasteiger partial charge in [0.1, 0.15) is 24.4 Å². The molecular formula is C40H40BrN3O7. The van der Waals surface area contributed by atoms with E-state index in [-0.39, 0.29) is 19.6 Å². The zero-order chi connectivity index (χ0) is 35.9. The number of rotatable bonds is 5. The fraction of sp³-hybridized carbons (Fsp3) is 0.350. The van der Waals surface area contributed by atoms with Crippen molar-refractivity contribution in [2.75, 3.05) is 24.7 Å². The van der Waals surface area contributed by atoms with Gasteiger partial charge in [0.15, 0.2) is 0 Å². The average Bonchev–Trinajstić information content (AvgIpc) is 3.72. The monoisotopic (exact) mass is 753 g/mol. The molecule has 5 bridgehead atoms. The Morgan fingerprint density at radius 2 is 1.61 bits per heavy atom. The van der Waals surface area contributed by atoms with Crippen molar-refractivity contribution in [2.45, 2.75) is 56.5 Å². The van der Waals surface area contributed by atoms with E-state index in [4.69, 9.17) is 9.47 Å². The molecule has 3 amide bonds. The summed E-state index contributed by atoms with van der Waals surface area (Å²) in [6.07, 6.45) is 5.10. The van der Waals surface area contributed by atoms with Gasteiger partial charge in [-0.1, -0.05) is 107 Å². The number of amides is 3. The number of nitrogens with one attached hydrogen (secondary N) is 1. The topological polar surface area (TPSA) is 125 Å². The molecule has 11 heteroatoms. The van der Waals surface area contributed by atoms with Crippen LogP contribution in [0.1, 0.15) is 47.2 Å². The van der Waals surface area contributed by atoms with E-state index >= 15 is 9.59 Å². The number of likely N-dealkylation sites (tertiary alicyclic amines) is 1. The summed E-state index contributed by atoms with van der Waals surface area (Å²) in [7, 11) is 0. The summed E-state index contributed by atoms with van der Waals surface area (Å²) in [4.78, 5) is 60.9. The van der Waals surface area contributed by atoms with Crippen LogP contribution in [0, 0.1) is 25.7 Å². The largest absolute Gasteiger partial charge is 0.463 e. The molecule has 0 saturated carbocycles. The Bertz CT molecular complexity index is 1880. The van der Waals surface area contributed by atoms with Crippen LogP contribution in [0.4, 0.5) is 5.69 Å². The average molecular weight is 755 g/mol. The van der Waals surface area contributed by atoms with Crippen molar-refractivity contribution in [3.05, 3.63) is 124 Å². The highest BCUT2D eigenvalue weighted by molar-refractivity contribution is 9.11. The van der Waals surface area contributed by atoms with Crippen molar-refractivity contribution in [2.24, 2.45) is 11.8 Å². The minimum absolute atomic E-state index is 0.106. The second kappa shape index (κ2) is 14.2. The number of aliphatic hydroxyl groups is 1. The first-order valence-electron chi connectivity index (χ1n) is 17.2. The number of hydrogen-bond donors (Lipinski definition) is 2. The number of halogens is 1. The first-order chi connectivity index (χ1) is 24.7. The minimum atomic E-state index is -1.52. The minimum Gasteiger partial charge on any atom is -0.463 e. The summed E-state index contributed by atoms with van der Waals surface area (Å²) in [6, 6.07) is 21.2. The SMILES string of the molecule is Cc1cccc(C)c1N1C/C=C\CCC(=O)OC[C@@H](c2ccccc2)NC(=O)[C@@H]2[C@H]3O[C@@]4(C=C3Br)[C@H](C1=O)N([C@H](CO)c1ccccc1)C(=O)[C@@H]24. The number of carbonyl (C=O) groups excluding carboxylic acids is 4. The van der Waals surface area contributed by atoms with Gasteiger partial charge in [-0.25, -0.2) is 0 Å². The number of para-hydroxylation sites is 1. The lowest BCUT2D eigenvalue weighted by molar-refractivity contribution is -0.146. The van der Waals surface area contributed by atoms with Gasteiger partial charge in [-0.15, -0.1) is 0 Å². The third-order valence-corrected chi connectivity index (χ3v) is 11.1. The molecule has 4 heterocycles. The second-order valence-corrected chi connectivity index (χ2v) is 14.5. The molecule has 2 saturated heterocycles. The third kappa shape index (κ3) is 6.11. The fourth-order valence-electron chi connectivity index (χ4n) is 8.19. The molecule has 2 N–H and O–H groups in total. The van der Waals surface area contributed by atoms with E-state index in [9.17, 15) is 14.7 Å². The van der Waals surface area contributed by atoms with Crippen LogP contribution in [0.5, 0.6) is 0 Å². The van der Waals surface area contributed by atoms with E-state index in [2.05, 4.69) is 21.2 Å². The number of esters is 1. The number of fused-ring (bicyclic) bond motifs is 2. The molecule has 0 aliphatic carbocycles. The highest BCUT2D eigenvalue weighted by atomic mass is 79.9. The molecule has 2 fully saturated rings. The zero-order valence-corrected chi connectivity index (χ0v) is 30.0. The van der Waals surface area contributed by atoms with Gasteiger partial charge in [-0.2, -0.15) is 0 Å². The molecule has 3 aromatic rings. The number of aryl methyl sites for hydroxylation is 2. The molecule has 10 nitrogen and oxygen atoms in total. The molecule has 51 heavy (non-hydrogen) atoms. The Labute approximate surface area is 305 Å². The quantitative estimate of drug-likeness (QED) is 0.278. The Hall–Kier alpha value is -4.58. The molecule has 264 valence electrons. The van der Waals surface area contributed by atoms with Gasteiger partial charge in [-0.05, 0) is 48.6 Å². The van der Waals surface area contributed by atoms with Gasteiger partial charge in [0, 0.05) is 23.1 Å². The maximum Gasteiger partial charge on any atom is 0.306 e. The van der Waals surface area contributed by atoms with Crippen molar-refractivity contribution in [3.8, 4) is 0 Å². The van der Waals surface area contributed by atoms with Crippen molar-refractivity contribution in [3.63, 3.8) is 0 Å². The maximum absolute atomic E-state index is 15.4. The van der Waals surface area contributed by atoms with E-state index < -0.39 is 72.0 Å². The predicted octanol–water partition coefficient (Wildman–Crippen LogP) is 4.99. The van der Waals surface area contributed by atoms with Crippen LogP contribution in [0.15, 0.2) is 102 Å². The molecule has 0 radical (unpaired) electrons. The number of anilines is 1. The van der Waals surface area contributed by atoms with E-state index in [1.54, 1.807) is 11.0 Å². The fourth-order valence-corrected chi connectivity index (χ4v) is 8.93. The molecule has 4 aliphatic rings. The van der Waals surface area contributed by atoms with Gasteiger partial charge in [0.25, 0.3) is 5.91 Å². The van der Waals surface area contributed by atoms with E-state index in [0.717, 1.165) is 16.7 Å². The molecule has 0 aromatic heterocycles. The van der Waals surface area contributed by atoms with Crippen molar-refractivity contribution < 1.29 is 33.8 Å². The van der Waals surface area contributed by atoms with Crippen LogP contribution in [0.3, 0.4) is 0 Å². The summed E-state index contributed by atoms with van der Waals surface area (Å²) in [6.45, 7) is 3.43. The normalized spacial score (nSPS) is 29.3. The summed E-state index contributed by atoms with van der Waals surface area (Å²) >= 11 is 3.64. The Morgan fingerprint density at radius 3 is 2.29 bits per heavy atom. The van der Waals surface area contributed by atoms with Gasteiger partial charge in [-0.3, -0.25) is 19.2 Å². The molecule has 4 aliphatic heterocycles. The molecular weight excluding hydrogens is 714 g/mol.